The van der Waals surface area contributed by atoms with E-state index in [1.54, 1.807) is 32.4 Å². The lowest BCUT2D eigenvalue weighted by molar-refractivity contribution is 0.0845. The highest BCUT2D eigenvalue weighted by Gasteiger charge is 2.29. The summed E-state index contributed by atoms with van der Waals surface area (Å²) in [6, 6.07) is 12.5. The Morgan fingerprint density at radius 3 is 2.65 bits per heavy atom. The summed E-state index contributed by atoms with van der Waals surface area (Å²) in [5, 5.41) is 0. The molecule has 0 N–H and O–H groups in total. The number of nitrogens with zero attached hydrogens (tertiary/aromatic N) is 1. The third-order valence-corrected chi connectivity index (χ3v) is 6.51. The molecule has 0 fully saturated rings. The van der Waals surface area contributed by atoms with Crippen LogP contribution in [0.3, 0.4) is 0 Å². The first-order valence-corrected chi connectivity index (χ1v) is 10.1. The monoisotopic (exact) mass is 375 g/mol. The molecule has 0 amide bonds. The summed E-state index contributed by atoms with van der Waals surface area (Å²) in [6.07, 6.45) is 1.67. The minimum atomic E-state index is -3.60. The number of methoxy groups -OCH3 is 1. The average Bonchev–Trinajstić information content (AvgIpc) is 2.60. The molecule has 2 aromatic rings. The number of sulfonamides is 1. The van der Waals surface area contributed by atoms with E-state index in [0.29, 0.717) is 5.75 Å². The van der Waals surface area contributed by atoms with Crippen LogP contribution in [-0.2, 0) is 23.0 Å². The van der Waals surface area contributed by atoms with Crippen molar-refractivity contribution in [3.8, 4) is 11.5 Å². The zero-order valence-corrected chi connectivity index (χ0v) is 16.5. The first kappa shape index (κ1) is 18.7. The topological polar surface area (TPSA) is 55.8 Å². The van der Waals surface area contributed by atoms with Gasteiger partial charge >= 0.3 is 0 Å². The number of benzene rings is 2. The summed E-state index contributed by atoms with van der Waals surface area (Å²) >= 11 is 0. The van der Waals surface area contributed by atoms with E-state index >= 15 is 0 Å². The second-order valence-corrected chi connectivity index (χ2v) is 9.25. The number of aryl methyl sites for hydroxylation is 1. The summed E-state index contributed by atoms with van der Waals surface area (Å²) in [5.74, 6) is 1.45. The van der Waals surface area contributed by atoms with Crippen molar-refractivity contribution in [2.75, 3.05) is 14.2 Å². The maximum atomic E-state index is 13.0. The highest BCUT2D eigenvalue weighted by molar-refractivity contribution is 7.89. The van der Waals surface area contributed by atoms with E-state index in [1.165, 1.54) is 4.31 Å². The number of ether oxygens (including phenoxy) is 2. The fourth-order valence-corrected chi connectivity index (χ4v) is 4.33. The minimum absolute atomic E-state index is 0.214. The quantitative estimate of drug-likeness (QED) is 0.801. The van der Waals surface area contributed by atoms with Gasteiger partial charge < -0.3 is 9.47 Å². The molecule has 6 heteroatoms. The third kappa shape index (κ3) is 3.71. The van der Waals surface area contributed by atoms with Crippen LogP contribution in [0.15, 0.2) is 47.4 Å². The maximum Gasteiger partial charge on any atom is 0.243 e. The number of rotatable bonds is 5. The Hall–Kier alpha value is -2.05. The van der Waals surface area contributed by atoms with Crippen LogP contribution in [0.25, 0.3) is 0 Å². The van der Waals surface area contributed by atoms with Gasteiger partial charge in [-0.25, -0.2) is 8.42 Å². The maximum absolute atomic E-state index is 13.0. The van der Waals surface area contributed by atoms with Crippen molar-refractivity contribution >= 4 is 10.0 Å². The molecule has 0 saturated heterocycles. The Balaban J connectivity index is 1.86. The van der Waals surface area contributed by atoms with Gasteiger partial charge in [-0.1, -0.05) is 18.2 Å². The molecule has 0 aromatic heterocycles. The Morgan fingerprint density at radius 1 is 1.19 bits per heavy atom. The molecule has 0 aliphatic carbocycles. The molecule has 1 aliphatic rings. The molecular formula is C20H25NO4S. The van der Waals surface area contributed by atoms with E-state index in [4.69, 9.17) is 9.47 Å². The molecule has 3 rings (SSSR count). The van der Waals surface area contributed by atoms with Crippen LogP contribution in [0.2, 0.25) is 0 Å². The fourth-order valence-electron chi connectivity index (χ4n) is 3.13. The van der Waals surface area contributed by atoms with Crippen molar-refractivity contribution in [1.82, 2.24) is 4.31 Å². The van der Waals surface area contributed by atoms with Crippen molar-refractivity contribution in [3.05, 3.63) is 53.6 Å². The van der Waals surface area contributed by atoms with E-state index in [1.807, 2.05) is 38.1 Å². The van der Waals surface area contributed by atoms with Crippen LogP contribution < -0.4 is 9.47 Å². The first-order valence-electron chi connectivity index (χ1n) is 8.63. The average molecular weight is 375 g/mol. The molecule has 0 bridgehead atoms. The van der Waals surface area contributed by atoms with Crippen LogP contribution in [-0.4, -0.2) is 32.5 Å². The van der Waals surface area contributed by atoms with Crippen LogP contribution in [0, 0.1) is 0 Å². The molecule has 140 valence electrons. The van der Waals surface area contributed by atoms with Gasteiger partial charge in [0.15, 0.2) is 0 Å². The molecule has 5 nitrogen and oxygen atoms in total. The molecule has 0 spiro atoms. The largest absolute Gasteiger partial charge is 0.496 e. The highest BCUT2D eigenvalue weighted by Crippen LogP contribution is 2.35. The number of para-hydroxylation sites is 1. The van der Waals surface area contributed by atoms with E-state index in [2.05, 4.69) is 0 Å². The predicted octanol–water partition coefficient (Wildman–Crippen LogP) is 3.62. The van der Waals surface area contributed by atoms with Gasteiger partial charge in [0.2, 0.25) is 10.0 Å². The van der Waals surface area contributed by atoms with Crippen LogP contribution in [0.5, 0.6) is 11.5 Å². The molecule has 0 atom stereocenters. The van der Waals surface area contributed by atoms with Gasteiger partial charge in [0.05, 0.1) is 12.0 Å². The van der Waals surface area contributed by atoms with Crippen molar-refractivity contribution in [1.29, 1.82) is 0 Å². The zero-order chi connectivity index (χ0) is 18.9. The van der Waals surface area contributed by atoms with Crippen LogP contribution in [0.1, 0.15) is 31.4 Å². The predicted molar refractivity (Wildman–Crippen MR) is 101 cm³/mol. The van der Waals surface area contributed by atoms with Crippen molar-refractivity contribution < 1.29 is 17.9 Å². The van der Waals surface area contributed by atoms with E-state index in [9.17, 15) is 8.42 Å². The lowest BCUT2D eigenvalue weighted by atomic mass is 9.94. The first-order chi connectivity index (χ1) is 12.2. The van der Waals surface area contributed by atoms with Crippen LogP contribution >= 0.6 is 0 Å². The standard InChI is InChI=1S/C20H25NO4S/c1-20(2)12-11-15-13-17(9-10-19(15)25-20)26(22,23)21(3)14-16-7-5-6-8-18(16)24-4/h5-10,13H,11-12,14H2,1-4H3. The molecular weight excluding hydrogens is 350 g/mol. The molecule has 1 heterocycles. The third-order valence-electron chi connectivity index (χ3n) is 4.71. The SMILES string of the molecule is COc1ccccc1CN(C)S(=O)(=O)c1ccc2c(c1)CCC(C)(C)O2. The molecule has 1 aliphatic heterocycles. The summed E-state index contributed by atoms with van der Waals surface area (Å²) in [7, 11) is -0.436. The van der Waals surface area contributed by atoms with Crippen molar-refractivity contribution in [2.24, 2.45) is 0 Å². The minimum Gasteiger partial charge on any atom is -0.496 e. The highest BCUT2D eigenvalue weighted by atomic mass is 32.2. The summed E-state index contributed by atoms with van der Waals surface area (Å²) < 4.78 is 38.6. The van der Waals surface area contributed by atoms with Gasteiger partial charge in [-0.15, -0.1) is 0 Å². The lowest BCUT2D eigenvalue weighted by Crippen LogP contribution is -2.33. The fraction of sp³-hybridized carbons (Fsp3) is 0.400. The Bertz CT molecular complexity index is 906. The second kappa shape index (κ2) is 6.93. The molecule has 2 aromatic carbocycles. The zero-order valence-electron chi connectivity index (χ0n) is 15.7. The second-order valence-electron chi connectivity index (χ2n) is 7.20. The Kier molecular flexibility index (Phi) is 4.99. The van der Waals surface area contributed by atoms with Crippen LogP contribution in [0.4, 0.5) is 0 Å². The van der Waals surface area contributed by atoms with Gasteiger partial charge in [-0.2, -0.15) is 4.31 Å². The van der Waals surface area contributed by atoms with Gasteiger partial charge in [0.25, 0.3) is 0 Å². The summed E-state index contributed by atoms with van der Waals surface area (Å²) in [4.78, 5) is 0.289. The molecule has 0 unspecified atom stereocenters. The Labute approximate surface area is 155 Å². The van der Waals surface area contributed by atoms with Gasteiger partial charge in [0, 0.05) is 19.2 Å². The summed E-state index contributed by atoms with van der Waals surface area (Å²) in [5.41, 5.74) is 1.55. The van der Waals surface area contributed by atoms with E-state index in [-0.39, 0.29) is 17.0 Å². The number of hydrogen-bond acceptors (Lipinski definition) is 4. The lowest BCUT2D eigenvalue weighted by Gasteiger charge is -2.32. The van der Waals surface area contributed by atoms with Crippen molar-refractivity contribution in [3.63, 3.8) is 0 Å². The van der Waals surface area contributed by atoms with Gasteiger partial charge in [0.1, 0.15) is 17.1 Å². The summed E-state index contributed by atoms with van der Waals surface area (Å²) in [6.45, 7) is 4.33. The molecule has 0 radical (unpaired) electrons. The number of fused-ring (bicyclic) bond motifs is 1. The van der Waals surface area contributed by atoms with Crippen molar-refractivity contribution in [2.45, 2.75) is 43.7 Å². The van der Waals surface area contributed by atoms with E-state index < -0.39 is 10.0 Å². The van der Waals surface area contributed by atoms with E-state index in [0.717, 1.165) is 29.7 Å². The molecule has 0 saturated carbocycles. The molecule has 26 heavy (non-hydrogen) atoms. The Morgan fingerprint density at radius 2 is 1.92 bits per heavy atom. The normalized spacial score (nSPS) is 16.0. The van der Waals surface area contributed by atoms with Gasteiger partial charge in [-0.05, 0) is 56.5 Å². The van der Waals surface area contributed by atoms with Gasteiger partial charge in [-0.3, -0.25) is 0 Å². The smallest absolute Gasteiger partial charge is 0.243 e. The number of hydrogen-bond donors (Lipinski definition) is 0.